The first-order valence-electron chi connectivity index (χ1n) is 10.6. The van der Waals surface area contributed by atoms with Gasteiger partial charge in [-0.2, -0.15) is 0 Å². The summed E-state index contributed by atoms with van der Waals surface area (Å²) in [4.78, 5) is 20.9. The molecule has 0 saturated carbocycles. The van der Waals surface area contributed by atoms with Gasteiger partial charge in [0.2, 0.25) is 5.75 Å². The zero-order chi connectivity index (χ0) is 26.3. The lowest BCUT2D eigenvalue weighted by atomic mass is 9.94. The van der Waals surface area contributed by atoms with Crippen LogP contribution in [0, 0.1) is 6.92 Å². The fourth-order valence-corrected chi connectivity index (χ4v) is 4.16. The number of ether oxygens (including phenoxy) is 3. The lowest BCUT2D eigenvalue weighted by Gasteiger charge is -2.19. The molecular formula is C25H24N4O7. The number of nitrogens with zero attached hydrogens (tertiary/aromatic N) is 2. The number of rotatable bonds is 6. The summed E-state index contributed by atoms with van der Waals surface area (Å²) in [6, 6.07) is 7.74. The third kappa shape index (κ3) is 3.66. The number of nitrogen functional groups attached to an aromatic ring is 2. The number of phenols is 2. The maximum absolute atomic E-state index is 12.1. The zero-order valence-electron chi connectivity index (χ0n) is 19.9. The molecule has 36 heavy (non-hydrogen) atoms. The third-order valence-electron chi connectivity index (χ3n) is 5.87. The fourth-order valence-electron chi connectivity index (χ4n) is 4.16. The van der Waals surface area contributed by atoms with Crippen molar-refractivity contribution in [1.29, 1.82) is 0 Å². The van der Waals surface area contributed by atoms with E-state index >= 15 is 0 Å². The highest BCUT2D eigenvalue weighted by molar-refractivity contribution is 5.99. The van der Waals surface area contributed by atoms with E-state index in [9.17, 15) is 20.1 Å². The molecule has 2 heterocycles. The van der Waals surface area contributed by atoms with Gasteiger partial charge in [0.15, 0.2) is 28.7 Å². The van der Waals surface area contributed by atoms with E-state index in [1.165, 1.54) is 33.5 Å². The predicted octanol–water partition coefficient (Wildman–Crippen LogP) is 3.57. The number of benzene rings is 2. The molecule has 0 fully saturated rings. The first-order chi connectivity index (χ1) is 17.1. The van der Waals surface area contributed by atoms with Crippen molar-refractivity contribution in [2.24, 2.45) is 0 Å². The summed E-state index contributed by atoms with van der Waals surface area (Å²) in [5, 5.41) is 31.7. The quantitative estimate of drug-likeness (QED) is 0.248. The smallest absolute Gasteiger partial charge is 0.354 e. The van der Waals surface area contributed by atoms with Gasteiger partial charge in [-0.05, 0) is 42.8 Å². The normalized spacial score (nSPS) is 10.9. The van der Waals surface area contributed by atoms with E-state index in [1.807, 2.05) is 0 Å². The Kier molecular flexibility index (Phi) is 6.07. The Labute approximate surface area is 205 Å². The van der Waals surface area contributed by atoms with E-state index in [4.69, 9.17) is 25.7 Å². The monoisotopic (exact) mass is 492 g/mol. The number of aromatic nitrogens is 2. The van der Waals surface area contributed by atoms with E-state index in [0.29, 0.717) is 10.9 Å². The van der Waals surface area contributed by atoms with Gasteiger partial charge in [-0.25, -0.2) is 14.8 Å². The van der Waals surface area contributed by atoms with Gasteiger partial charge in [-0.3, -0.25) is 0 Å². The Hall–Kier alpha value is -4.93. The Morgan fingerprint density at radius 1 is 0.917 bits per heavy atom. The molecule has 0 aliphatic carbocycles. The largest absolute Gasteiger partial charge is 0.504 e. The molecular weight excluding hydrogens is 468 g/mol. The average Bonchev–Trinajstić information content (AvgIpc) is 2.84. The van der Waals surface area contributed by atoms with Crippen LogP contribution in [0.1, 0.15) is 16.1 Å². The molecule has 0 amide bonds. The summed E-state index contributed by atoms with van der Waals surface area (Å²) < 4.78 is 15.7. The number of carboxylic acids is 1. The Balaban J connectivity index is 2.03. The lowest BCUT2D eigenvalue weighted by molar-refractivity contribution is 0.0690. The van der Waals surface area contributed by atoms with Gasteiger partial charge in [0.25, 0.3) is 0 Å². The van der Waals surface area contributed by atoms with Crippen LogP contribution in [0.4, 0.5) is 11.4 Å². The maximum Gasteiger partial charge on any atom is 0.354 e. The summed E-state index contributed by atoms with van der Waals surface area (Å²) in [5.74, 6) is -1.29. The van der Waals surface area contributed by atoms with Crippen LogP contribution >= 0.6 is 0 Å². The van der Waals surface area contributed by atoms with Crippen molar-refractivity contribution >= 4 is 28.2 Å². The summed E-state index contributed by atoms with van der Waals surface area (Å²) in [5.41, 5.74) is 13.8. The molecule has 0 bridgehead atoms. The Bertz CT molecular complexity index is 1540. The van der Waals surface area contributed by atoms with Gasteiger partial charge < -0.3 is 41.0 Å². The number of nitrogens with two attached hydrogens (primary N) is 2. The molecule has 2 aromatic heterocycles. The number of fused-ring (bicyclic) bond motifs is 1. The minimum atomic E-state index is -1.29. The Morgan fingerprint density at radius 3 is 2.22 bits per heavy atom. The van der Waals surface area contributed by atoms with Crippen LogP contribution in [-0.2, 0) is 0 Å². The molecule has 186 valence electrons. The van der Waals surface area contributed by atoms with E-state index in [0.717, 1.165) is 0 Å². The number of hydrogen-bond donors (Lipinski definition) is 5. The van der Waals surface area contributed by atoms with Crippen molar-refractivity contribution in [2.75, 3.05) is 32.8 Å². The number of hydrogen-bond acceptors (Lipinski definition) is 10. The standard InChI is InChI=1S/C25H24N4O7/c1-10-17(12-6-8-16(34-2)24(36-4)22(12)31)18(27)20(29-19(10)25(32)33)14-7-5-11-15(28-14)9-13(26)23(35-3)21(11)30/h5-9,30-31H,26-27H2,1-4H3,(H,32,33). The highest BCUT2D eigenvalue weighted by Crippen LogP contribution is 2.48. The molecule has 4 aromatic rings. The van der Waals surface area contributed by atoms with E-state index in [2.05, 4.69) is 9.97 Å². The highest BCUT2D eigenvalue weighted by atomic mass is 16.5. The molecule has 0 atom stereocenters. The molecule has 0 aliphatic rings. The van der Waals surface area contributed by atoms with Gasteiger partial charge in [0.05, 0.1) is 43.9 Å². The summed E-state index contributed by atoms with van der Waals surface area (Å²) >= 11 is 0. The number of aromatic carboxylic acids is 1. The van der Waals surface area contributed by atoms with Crippen LogP contribution < -0.4 is 25.7 Å². The lowest BCUT2D eigenvalue weighted by Crippen LogP contribution is -2.10. The van der Waals surface area contributed by atoms with E-state index < -0.39 is 5.97 Å². The molecule has 0 unspecified atom stereocenters. The van der Waals surface area contributed by atoms with Crippen LogP contribution in [0.5, 0.6) is 28.7 Å². The molecule has 0 spiro atoms. The topological polar surface area (TPSA) is 183 Å². The van der Waals surface area contributed by atoms with Gasteiger partial charge in [0, 0.05) is 16.5 Å². The zero-order valence-corrected chi connectivity index (χ0v) is 19.9. The molecule has 7 N–H and O–H groups in total. The van der Waals surface area contributed by atoms with Crippen molar-refractivity contribution < 1.29 is 34.3 Å². The van der Waals surface area contributed by atoms with Crippen LogP contribution in [0.3, 0.4) is 0 Å². The molecule has 2 aromatic carbocycles. The average molecular weight is 492 g/mol. The van der Waals surface area contributed by atoms with E-state index in [1.54, 1.807) is 25.1 Å². The number of pyridine rings is 2. The molecule has 11 nitrogen and oxygen atoms in total. The first-order valence-corrected chi connectivity index (χ1v) is 10.6. The molecule has 0 radical (unpaired) electrons. The van der Waals surface area contributed by atoms with Crippen molar-refractivity contribution in [3.05, 3.63) is 41.6 Å². The second-order valence-electron chi connectivity index (χ2n) is 7.84. The predicted molar refractivity (Wildman–Crippen MR) is 134 cm³/mol. The summed E-state index contributed by atoms with van der Waals surface area (Å²) in [6.45, 7) is 1.54. The third-order valence-corrected chi connectivity index (χ3v) is 5.87. The molecule has 11 heteroatoms. The summed E-state index contributed by atoms with van der Waals surface area (Å²) in [7, 11) is 4.18. The van der Waals surface area contributed by atoms with Crippen LogP contribution in [0.2, 0.25) is 0 Å². The van der Waals surface area contributed by atoms with Crippen molar-refractivity contribution in [3.63, 3.8) is 0 Å². The van der Waals surface area contributed by atoms with Gasteiger partial charge in [-0.15, -0.1) is 0 Å². The van der Waals surface area contributed by atoms with Crippen LogP contribution in [-0.4, -0.2) is 52.6 Å². The number of anilines is 2. The number of aromatic hydroxyl groups is 2. The van der Waals surface area contributed by atoms with Crippen LogP contribution in [0.15, 0.2) is 30.3 Å². The SMILES string of the molecule is COc1ccc(-c2c(C)c(C(=O)O)nc(-c3ccc4c(O)c(OC)c(N)cc4n3)c2N)c(O)c1OC. The number of carboxylic acid groups (broad SMARTS) is 1. The van der Waals surface area contributed by atoms with Crippen molar-refractivity contribution in [3.8, 4) is 51.3 Å². The molecule has 4 rings (SSSR count). The Morgan fingerprint density at radius 2 is 1.61 bits per heavy atom. The second-order valence-corrected chi connectivity index (χ2v) is 7.84. The fraction of sp³-hybridized carbons (Fsp3) is 0.160. The molecule has 0 aliphatic heterocycles. The van der Waals surface area contributed by atoms with Gasteiger partial charge in [0.1, 0.15) is 5.69 Å². The summed E-state index contributed by atoms with van der Waals surface area (Å²) in [6.07, 6.45) is 0. The number of phenolic OH excluding ortho intramolecular Hbond substituents is 2. The first kappa shape index (κ1) is 24.2. The van der Waals surface area contributed by atoms with Crippen molar-refractivity contribution in [2.45, 2.75) is 6.92 Å². The number of carbonyl (C=O) groups is 1. The highest BCUT2D eigenvalue weighted by Gasteiger charge is 2.26. The van der Waals surface area contributed by atoms with Gasteiger partial charge >= 0.3 is 5.97 Å². The minimum absolute atomic E-state index is 0.0627. The second kappa shape index (κ2) is 9.02. The van der Waals surface area contributed by atoms with Crippen molar-refractivity contribution in [1.82, 2.24) is 9.97 Å². The minimum Gasteiger partial charge on any atom is -0.504 e. The van der Waals surface area contributed by atoms with Crippen LogP contribution in [0.25, 0.3) is 33.4 Å². The molecule has 0 saturated heterocycles. The van der Waals surface area contributed by atoms with Gasteiger partial charge in [-0.1, -0.05) is 0 Å². The number of methoxy groups -OCH3 is 3. The maximum atomic E-state index is 12.1. The van der Waals surface area contributed by atoms with E-state index in [-0.39, 0.29) is 73.9 Å².